The zero-order chi connectivity index (χ0) is 9.97. The minimum atomic E-state index is 1.11. The lowest BCUT2D eigenvalue weighted by atomic mass is 10.5. The highest BCUT2D eigenvalue weighted by atomic mass is 32.2. The lowest BCUT2D eigenvalue weighted by Crippen LogP contribution is -1.60. The van der Waals surface area contributed by atoms with E-state index >= 15 is 0 Å². The van der Waals surface area contributed by atoms with Gasteiger partial charge in [0.05, 0.1) is 9.75 Å². The van der Waals surface area contributed by atoms with Crippen LogP contribution >= 0.6 is 46.2 Å². The summed E-state index contributed by atoms with van der Waals surface area (Å²) in [5.74, 6) is 0. The number of thiazole rings is 2. The summed E-state index contributed by atoms with van der Waals surface area (Å²) < 4.78 is 2.22. The normalized spacial score (nSPS) is 10.7. The summed E-state index contributed by atoms with van der Waals surface area (Å²) >= 11 is 6.81. The van der Waals surface area contributed by atoms with Gasteiger partial charge in [-0.15, -0.1) is 22.7 Å². The molecular weight excluding hydrogens is 252 g/mol. The van der Waals surface area contributed by atoms with E-state index in [9.17, 15) is 0 Å². The van der Waals surface area contributed by atoms with Crippen LogP contribution in [0.4, 0.5) is 0 Å². The number of aromatic nitrogens is 2. The molecule has 0 saturated carbocycles. The molecule has 0 aliphatic carbocycles. The van der Waals surface area contributed by atoms with E-state index in [0.29, 0.717) is 0 Å². The van der Waals surface area contributed by atoms with Gasteiger partial charge in [-0.3, -0.25) is 0 Å². The van der Waals surface area contributed by atoms with Crippen LogP contribution in [0.25, 0.3) is 9.75 Å². The highest BCUT2D eigenvalue weighted by molar-refractivity contribution is 8.00. The maximum atomic E-state index is 4.30. The summed E-state index contributed by atoms with van der Waals surface area (Å²) in [5.41, 5.74) is 0. The van der Waals surface area contributed by atoms with Crippen molar-refractivity contribution in [3.63, 3.8) is 0 Å². The van der Waals surface area contributed by atoms with Gasteiger partial charge in [0.2, 0.25) is 0 Å². The molecule has 14 heavy (non-hydrogen) atoms. The predicted molar refractivity (Wildman–Crippen MR) is 66.8 cm³/mol. The smallest absolute Gasteiger partial charge is 0.150 e. The monoisotopic (exact) mass is 260 g/mol. The molecule has 0 unspecified atom stereocenters. The Morgan fingerprint density at radius 2 is 1.36 bits per heavy atom. The minimum Gasteiger partial charge on any atom is -0.237 e. The van der Waals surface area contributed by atoms with Crippen molar-refractivity contribution in [3.8, 4) is 9.75 Å². The molecule has 0 aliphatic heterocycles. The van der Waals surface area contributed by atoms with Crippen LogP contribution in [-0.2, 0) is 0 Å². The summed E-state index contributed by atoms with van der Waals surface area (Å²) in [7, 11) is 0. The molecule has 74 valence electrons. The molecule has 0 N–H and O–H groups in total. The topological polar surface area (TPSA) is 25.8 Å². The first kappa shape index (κ1) is 10.5. The van der Waals surface area contributed by atoms with Crippen molar-refractivity contribution < 1.29 is 0 Å². The molecule has 2 aromatic rings. The van der Waals surface area contributed by atoms with E-state index in [1.54, 1.807) is 46.2 Å². The third-order valence-corrected chi connectivity index (χ3v) is 5.75. The molecule has 2 nitrogen and oxygen atoms in total. The summed E-state index contributed by atoms with van der Waals surface area (Å²) in [4.78, 5) is 11.0. The molecule has 0 radical (unpaired) electrons. The van der Waals surface area contributed by atoms with Gasteiger partial charge in [0.1, 0.15) is 8.68 Å². The van der Waals surface area contributed by atoms with Crippen LogP contribution in [0.3, 0.4) is 0 Å². The Morgan fingerprint density at radius 3 is 1.64 bits per heavy atom. The van der Waals surface area contributed by atoms with Crippen LogP contribution < -0.4 is 0 Å². The Labute approximate surface area is 99.2 Å². The van der Waals surface area contributed by atoms with Gasteiger partial charge in [0.25, 0.3) is 0 Å². The van der Waals surface area contributed by atoms with Crippen LogP contribution in [0.5, 0.6) is 0 Å². The zero-order valence-corrected chi connectivity index (χ0v) is 10.9. The molecule has 6 heteroatoms. The van der Waals surface area contributed by atoms with Crippen LogP contribution in [0.15, 0.2) is 21.1 Å². The van der Waals surface area contributed by atoms with Gasteiger partial charge in [-0.1, -0.05) is 23.5 Å². The van der Waals surface area contributed by atoms with Gasteiger partial charge in [-0.2, -0.15) is 0 Å². The third-order valence-electron chi connectivity index (χ3n) is 1.56. The minimum absolute atomic E-state index is 1.11. The Bertz CT molecular complexity index is 380. The van der Waals surface area contributed by atoms with Gasteiger partial charge in [0.15, 0.2) is 0 Å². The molecule has 0 fully saturated rings. The third kappa shape index (κ3) is 2.13. The van der Waals surface area contributed by atoms with E-state index in [1.807, 2.05) is 24.9 Å². The maximum absolute atomic E-state index is 4.30. The van der Waals surface area contributed by atoms with Gasteiger partial charge in [0, 0.05) is 12.4 Å². The summed E-state index contributed by atoms with van der Waals surface area (Å²) in [6.45, 7) is 0. The van der Waals surface area contributed by atoms with Crippen molar-refractivity contribution >= 4 is 46.2 Å². The van der Waals surface area contributed by atoms with Crippen molar-refractivity contribution in [2.24, 2.45) is 0 Å². The second-order valence-electron chi connectivity index (χ2n) is 2.39. The lowest BCUT2D eigenvalue weighted by molar-refractivity contribution is 1.25. The number of nitrogens with zero attached hydrogens (tertiary/aromatic N) is 2. The number of hydrogen-bond acceptors (Lipinski definition) is 6. The second kappa shape index (κ2) is 4.65. The Balaban J connectivity index is 2.29. The zero-order valence-electron chi connectivity index (χ0n) is 7.68. The molecule has 0 atom stereocenters. The van der Waals surface area contributed by atoms with Crippen LogP contribution in [0.2, 0.25) is 0 Å². The first-order valence-electron chi connectivity index (χ1n) is 3.83. The van der Waals surface area contributed by atoms with E-state index in [4.69, 9.17) is 0 Å². The maximum Gasteiger partial charge on any atom is 0.150 e. The fourth-order valence-electron chi connectivity index (χ4n) is 0.933. The number of rotatable bonds is 3. The van der Waals surface area contributed by atoms with Crippen LogP contribution in [0, 0.1) is 0 Å². The second-order valence-corrected chi connectivity index (χ2v) is 6.56. The number of thioether (sulfide) groups is 2. The van der Waals surface area contributed by atoms with E-state index < -0.39 is 0 Å². The van der Waals surface area contributed by atoms with E-state index in [2.05, 4.69) is 9.97 Å². The quantitative estimate of drug-likeness (QED) is 0.786. The summed E-state index contributed by atoms with van der Waals surface area (Å²) in [6.07, 6.45) is 7.94. The van der Waals surface area contributed by atoms with Crippen molar-refractivity contribution in [1.82, 2.24) is 9.97 Å². The molecule has 0 bridgehead atoms. The first-order chi connectivity index (χ1) is 6.83. The fraction of sp³-hybridized carbons (Fsp3) is 0.250. The lowest BCUT2D eigenvalue weighted by Gasteiger charge is -1.85. The van der Waals surface area contributed by atoms with Gasteiger partial charge < -0.3 is 0 Å². The highest BCUT2D eigenvalue weighted by Crippen LogP contribution is 2.35. The summed E-state index contributed by atoms with van der Waals surface area (Å²) in [5, 5.41) is 0. The molecule has 0 amide bonds. The molecule has 0 spiro atoms. The van der Waals surface area contributed by atoms with Crippen molar-refractivity contribution in [3.05, 3.63) is 12.4 Å². The van der Waals surface area contributed by atoms with Gasteiger partial charge in [-0.25, -0.2) is 9.97 Å². The molecule has 0 aromatic carbocycles. The molecule has 0 saturated heterocycles. The Morgan fingerprint density at radius 1 is 0.929 bits per heavy atom. The predicted octanol–water partition coefficient (Wildman–Crippen LogP) is 3.71. The average Bonchev–Trinajstić information content (AvgIpc) is 2.86. The fourth-order valence-corrected chi connectivity index (χ4v) is 3.81. The van der Waals surface area contributed by atoms with Gasteiger partial charge >= 0.3 is 0 Å². The molecule has 0 aliphatic rings. The largest absolute Gasteiger partial charge is 0.237 e. The van der Waals surface area contributed by atoms with E-state index in [0.717, 1.165) is 8.68 Å². The van der Waals surface area contributed by atoms with Gasteiger partial charge in [-0.05, 0) is 12.5 Å². The van der Waals surface area contributed by atoms with Crippen LogP contribution in [0.1, 0.15) is 0 Å². The first-order valence-corrected chi connectivity index (χ1v) is 7.91. The molecule has 2 rings (SSSR count). The SMILES string of the molecule is CSc1ncc(-c2cnc(SC)s2)s1. The van der Waals surface area contributed by atoms with E-state index in [-0.39, 0.29) is 0 Å². The summed E-state index contributed by atoms with van der Waals surface area (Å²) in [6, 6.07) is 0. The van der Waals surface area contributed by atoms with Crippen LogP contribution in [-0.4, -0.2) is 22.5 Å². The number of hydrogen-bond donors (Lipinski definition) is 0. The average molecular weight is 260 g/mol. The Hall–Kier alpha value is -0.0400. The standard InChI is InChI=1S/C8H8N2S4/c1-11-7-9-3-5(13-7)6-4-10-8(12-2)14-6/h3-4H,1-2H3. The Kier molecular flexibility index (Phi) is 3.48. The molecule has 2 aromatic heterocycles. The van der Waals surface area contributed by atoms with E-state index in [1.165, 1.54) is 9.75 Å². The highest BCUT2D eigenvalue weighted by Gasteiger charge is 2.07. The van der Waals surface area contributed by atoms with Crippen molar-refractivity contribution in [1.29, 1.82) is 0 Å². The van der Waals surface area contributed by atoms with Crippen molar-refractivity contribution in [2.75, 3.05) is 12.5 Å². The molecule has 2 heterocycles. The van der Waals surface area contributed by atoms with Crippen molar-refractivity contribution in [2.45, 2.75) is 8.68 Å². The molecular formula is C8H8N2S4.